The van der Waals surface area contributed by atoms with Crippen molar-refractivity contribution in [1.29, 1.82) is 0 Å². The maximum absolute atomic E-state index is 11.6. The maximum atomic E-state index is 11.6. The van der Waals surface area contributed by atoms with Gasteiger partial charge in [-0.05, 0) is 49.6 Å². The third-order valence-corrected chi connectivity index (χ3v) is 6.28. The average molecular weight is 366 g/mol. The van der Waals surface area contributed by atoms with Gasteiger partial charge in [-0.25, -0.2) is 4.98 Å². The molecule has 0 amide bonds. The molecule has 2 unspecified atom stereocenters. The van der Waals surface area contributed by atoms with Crippen LogP contribution in [0.1, 0.15) is 35.0 Å². The first-order valence-electron chi connectivity index (χ1n) is 9.01. The number of likely N-dealkylation sites (tertiary alicyclic amines) is 1. The first-order chi connectivity index (χ1) is 12.6. The van der Waals surface area contributed by atoms with Gasteiger partial charge in [-0.15, -0.1) is 11.3 Å². The van der Waals surface area contributed by atoms with Gasteiger partial charge in [-0.2, -0.15) is 0 Å². The van der Waals surface area contributed by atoms with Gasteiger partial charge in [0.05, 0.1) is 22.2 Å². The number of benzene rings is 2. The number of thiazole rings is 1. The van der Waals surface area contributed by atoms with Crippen molar-refractivity contribution in [2.45, 2.75) is 25.8 Å². The van der Waals surface area contributed by atoms with Crippen molar-refractivity contribution in [2.75, 3.05) is 13.1 Å². The lowest BCUT2D eigenvalue weighted by atomic mass is 9.93. The Labute approximate surface area is 157 Å². The van der Waals surface area contributed by atoms with Crippen LogP contribution in [0.15, 0.2) is 48.5 Å². The highest BCUT2D eigenvalue weighted by atomic mass is 32.1. The molecular formula is C21H22N2O2S. The van der Waals surface area contributed by atoms with E-state index in [9.17, 15) is 9.90 Å². The van der Waals surface area contributed by atoms with Crippen LogP contribution in [0.25, 0.3) is 10.2 Å². The number of carbonyl (C=O) groups is 1. The Kier molecular flexibility index (Phi) is 4.74. The number of aryl methyl sites for hydroxylation is 1. The van der Waals surface area contributed by atoms with Crippen LogP contribution in [0.3, 0.4) is 0 Å². The van der Waals surface area contributed by atoms with Crippen LogP contribution in [0.2, 0.25) is 0 Å². The van der Waals surface area contributed by atoms with Crippen LogP contribution >= 0.6 is 11.3 Å². The minimum absolute atomic E-state index is 0.00995. The number of carboxylic acid groups (broad SMARTS) is 1. The number of carboxylic acids is 1. The number of nitrogens with zero attached hydrogens (tertiary/aromatic N) is 2. The van der Waals surface area contributed by atoms with E-state index in [-0.39, 0.29) is 12.0 Å². The zero-order valence-electron chi connectivity index (χ0n) is 14.8. The smallest absolute Gasteiger partial charge is 0.307 e. The quantitative estimate of drug-likeness (QED) is 0.739. The fourth-order valence-electron chi connectivity index (χ4n) is 3.83. The summed E-state index contributed by atoms with van der Waals surface area (Å²) in [6, 6.07) is 16.6. The van der Waals surface area contributed by atoms with Crippen molar-refractivity contribution < 1.29 is 9.90 Å². The van der Waals surface area contributed by atoms with Crippen LogP contribution in [-0.2, 0) is 4.79 Å². The Hall–Kier alpha value is -2.24. The summed E-state index contributed by atoms with van der Waals surface area (Å²) in [7, 11) is 0. The van der Waals surface area contributed by atoms with Gasteiger partial charge >= 0.3 is 5.97 Å². The van der Waals surface area contributed by atoms with Crippen LogP contribution in [0.4, 0.5) is 0 Å². The highest BCUT2D eigenvalue weighted by Crippen LogP contribution is 2.37. The molecule has 0 saturated carbocycles. The Morgan fingerprint density at radius 3 is 2.77 bits per heavy atom. The molecule has 2 aromatic carbocycles. The lowest BCUT2D eigenvalue weighted by Gasteiger charge is -2.36. The molecule has 1 aliphatic rings. The number of para-hydroxylation sites is 1. The summed E-state index contributed by atoms with van der Waals surface area (Å²) in [5, 5.41) is 10.6. The average Bonchev–Trinajstić information content (AvgIpc) is 3.07. The summed E-state index contributed by atoms with van der Waals surface area (Å²) in [6.45, 7) is 3.59. The molecule has 1 aromatic heterocycles. The molecule has 0 bridgehead atoms. The van der Waals surface area contributed by atoms with E-state index in [0.29, 0.717) is 6.54 Å². The van der Waals surface area contributed by atoms with Crippen molar-refractivity contribution in [3.8, 4) is 0 Å². The molecule has 2 heterocycles. The Bertz CT molecular complexity index is 903. The monoisotopic (exact) mass is 366 g/mol. The van der Waals surface area contributed by atoms with E-state index in [1.165, 1.54) is 15.8 Å². The van der Waals surface area contributed by atoms with Gasteiger partial charge in [0.2, 0.25) is 0 Å². The SMILES string of the molecule is Cc1ccccc1C(c1nc2ccccc2s1)N1CCCC(C(=O)O)C1. The first kappa shape index (κ1) is 17.2. The topological polar surface area (TPSA) is 53.4 Å². The minimum atomic E-state index is -0.692. The zero-order valence-corrected chi connectivity index (χ0v) is 15.6. The van der Waals surface area contributed by atoms with E-state index in [2.05, 4.69) is 36.1 Å². The van der Waals surface area contributed by atoms with Crippen molar-refractivity contribution >= 4 is 27.5 Å². The van der Waals surface area contributed by atoms with Gasteiger partial charge < -0.3 is 5.11 Å². The summed E-state index contributed by atoms with van der Waals surface area (Å²) < 4.78 is 1.17. The molecule has 26 heavy (non-hydrogen) atoms. The Morgan fingerprint density at radius 1 is 1.23 bits per heavy atom. The van der Waals surface area contributed by atoms with Crippen LogP contribution in [0.5, 0.6) is 0 Å². The first-order valence-corrected chi connectivity index (χ1v) is 9.83. The number of piperidine rings is 1. The molecule has 0 spiro atoms. The predicted molar refractivity (Wildman–Crippen MR) is 105 cm³/mol. The minimum Gasteiger partial charge on any atom is -0.481 e. The van der Waals surface area contributed by atoms with E-state index >= 15 is 0 Å². The number of hydrogen-bond donors (Lipinski definition) is 1. The van der Waals surface area contributed by atoms with Gasteiger partial charge in [0, 0.05) is 6.54 Å². The van der Waals surface area contributed by atoms with Gasteiger partial charge in [-0.3, -0.25) is 9.69 Å². The maximum Gasteiger partial charge on any atom is 0.307 e. The lowest BCUT2D eigenvalue weighted by Crippen LogP contribution is -2.41. The second-order valence-corrected chi connectivity index (χ2v) is 8.01. The summed E-state index contributed by atoms with van der Waals surface area (Å²) >= 11 is 1.71. The van der Waals surface area contributed by atoms with Crippen LogP contribution in [0, 0.1) is 12.8 Å². The molecule has 4 nitrogen and oxygen atoms in total. The number of fused-ring (bicyclic) bond motifs is 1. The lowest BCUT2D eigenvalue weighted by molar-refractivity contribution is -0.143. The van der Waals surface area contributed by atoms with Gasteiger partial charge in [0.15, 0.2) is 0 Å². The molecule has 4 rings (SSSR count). The molecule has 5 heteroatoms. The summed E-state index contributed by atoms with van der Waals surface area (Å²) in [4.78, 5) is 18.8. The van der Waals surface area contributed by atoms with Crippen molar-refractivity contribution in [3.63, 3.8) is 0 Å². The summed E-state index contributed by atoms with van der Waals surface area (Å²) in [5.41, 5.74) is 3.45. The zero-order chi connectivity index (χ0) is 18.1. The number of hydrogen-bond acceptors (Lipinski definition) is 4. The van der Waals surface area contributed by atoms with Crippen LogP contribution < -0.4 is 0 Å². The van der Waals surface area contributed by atoms with E-state index < -0.39 is 5.97 Å². The van der Waals surface area contributed by atoms with Gasteiger partial charge in [0.25, 0.3) is 0 Å². The number of aliphatic carboxylic acids is 1. The molecule has 134 valence electrons. The molecule has 1 N–H and O–H groups in total. The van der Waals surface area contributed by atoms with Gasteiger partial charge in [0.1, 0.15) is 5.01 Å². The summed E-state index contributed by atoms with van der Waals surface area (Å²) in [6.07, 6.45) is 1.66. The third-order valence-electron chi connectivity index (χ3n) is 5.19. The predicted octanol–water partition coefficient (Wildman–Crippen LogP) is 4.49. The van der Waals surface area contributed by atoms with E-state index in [4.69, 9.17) is 4.98 Å². The highest BCUT2D eigenvalue weighted by Gasteiger charge is 2.33. The number of rotatable bonds is 4. The molecular weight excluding hydrogens is 344 g/mol. The van der Waals surface area contributed by atoms with Crippen LogP contribution in [-0.4, -0.2) is 34.0 Å². The molecule has 1 aliphatic heterocycles. The molecule has 0 aliphatic carbocycles. The molecule has 1 fully saturated rings. The Balaban J connectivity index is 1.79. The van der Waals surface area contributed by atoms with Gasteiger partial charge in [-0.1, -0.05) is 36.4 Å². The fourth-order valence-corrected chi connectivity index (χ4v) is 4.95. The van der Waals surface area contributed by atoms with Crippen molar-refractivity contribution in [2.24, 2.45) is 5.92 Å². The van der Waals surface area contributed by atoms with E-state index in [1.54, 1.807) is 11.3 Å². The van der Waals surface area contributed by atoms with Crippen molar-refractivity contribution in [1.82, 2.24) is 9.88 Å². The fraction of sp³-hybridized carbons (Fsp3) is 0.333. The third kappa shape index (κ3) is 3.24. The van der Waals surface area contributed by atoms with Crippen molar-refractivity contribution in [3.05, 3.63) is 64.7 Å². The standard InChI is InChI=1S/C21H22N2O2S/c1-14-7-2-3-9-16(14)19(23-12-6-8-15(13-23)21(24)25)20-22-17-10-4-5-11-18(17)26-20/h2-5,7,9-11,15,19H,6,8,12-13H2,1H3,(H,24,25). The Morgan fingerprint density at radius 2 is 2.00 bits per heavy atom. The normalized spacial score (nSPS) is 19.5. The van der Waals surface area contributed by atoms with E-state index in [1.807, 2.05) is 24.3 Å². The van der Waals surface area contributed by atoms with E-state index in [0.717, 1.165) is 29.9 Å². The highest BCUT2D eigenvalue weighted by molar-refractivity contribution is 7.18. The molecule has 1 saturated heterocycles. The second-order valence-electron chi connectivity index (χ2n) is 6.95. The molecule has 3 aromatic rings. The number of aromatic nitrogens is 1. The molecule has 2 atom stereocenters. The second kappa shape index (κ2) is 7.17. The molecule has 0 radical (unpaired) electrons. The summed E-state index contributed by atoms with van der Waals surface area (Å²) in [5.74, 6) is -0.993. The largest absolute Gasteiger partial charge is 0.481 e.